The van der Waals surface area contributed by atoms with E-state index in [1.807, 2.05) is 13.8 Å². The molecule has 4 heteroatoms. The standard InChI is InChI=1S/C11H10F2O2.C2H6/c1-7(2-5-11(14)15)9-4-3-8(12)6-10(9)13;1-2/h3-4,6H,1-2,5H2,(H,14,15);1-2H3. The largest absolute Gasteiger partial charge is 0.481 e. The molecular formula is C13H16F2O2. The summed E-state index contributed by atoms with van der Waals surface area (Å²) in [5, 5.41) is 8.43. The lowest BCUT2D eigenvalue weighted by molar-refractivity contribution is -0.136. The van der Waals surface area contributed by atoms with Crippen LogP contribution in [0.4, 0.5) is 8.78 Å². The first kappa shape index (κ1) is 15.3. The summed E-state index contributed by atoms with van der Waals surface area (Å²) >= 11 is 0. The quantitative estimate of drug-likeness (QED) is 0.870. The Labute approximate surface area is 99.6 Å². The molecule has 0 aromatic heterocycles. The van der Waals surface area contributed by atoms with Crippen LogP contribution in [0.15, 0.2) is 24.8 Å². The summed E-state index contributed by atoms with van der Waals surface area (Å²) in [7, 11) is 0. The summed E-state index contributed by atoms with van der Waals surface area (Å²) in [6, 6.07) is 3.13. The highest BCUT2D eigenvalue weighted by atomic mass is 19.1. The Morgan fingerprint density at radius 1 is 1.29 bits per heavy atom. The molecular weight excluding hydrogens is 226 g/mol. The molecule has 17 heavy (non-hydrogen) atoms. The van der Waals surface area contributed by atoms with E-state index >= 15 is 0 Å². The van der Waals surface area contributed by atoms with E-state index in [1.54, 1.807) is 0 Å². The molecule has 0 amide bonds. The van der Waals surface area contributed by atoms with Crippen LogP contribution in [0.2, 0.25) is 0 Å². The first-order chi connectivity index (χ1) is 8.00. The van der Waals surface area contributed by atoms with Gasteiger partial charge in [-0.05, 0) is 24.1 Å². The fourth-order valence-electron chi connectivity index (χ4n) is 1.17. The van der Waals surface area contributed by atoms with E-state index in [4.69, 9.17) is 5.11 Å². The maximum absolute atomic E-state index is 13.2. The molecule has 1 aromatic rings. The van der Waals surface area contributed by atoms with Gasteiger partial charge in [-0.3, -0.25) is 4.79 Å². The van der Waals surface area contributed by atoms with Crippen LogP contribution in [0.5, 0.6) is 0 Å². The van der Waals surface area contributed by atoms with Crippen LogP contribution >= 0.6 is 0 Å². The van der Waals surface area contributed by atoms with E-state index in [0.29, 0.717) is 5.57 Å². The van der Waals surface area contributed by atoms with Gasteiger partial charge >= 0.3 is 5.97 Å². The second-order valence-electron chi connectivity index (χ2n) is 3.12. The summed E-state index contributed by atoms with van der Waals surface area (Å²) < 4.78 is 25.7. The average Bonchev–Trinajstić information content (AvgIpc) is 2.28. The molecule has 0 spiro atoms. The van der Waals surface area contributed by atoms with Gasteiger partial charge in [0, 0.05) is 18.1 Å². The van der Waals surface area contributed by atoms with Crippen LogP contribution < -0.4 is 0 Å². The van der Waals surface area contributed by atoms with Crippen molar-refractivity contribution in [3.63, 3.8) is 0 Å². The predicted octanol–water partition coefficient (Wildman–Crippen LogP) is 3.87. The molecule has 0 atom stereocenters. The third-order valence-electron chi connectivity index (χ3n) is 1.95. The number of carboxylic acid groups (broad SMARTS) is 1. The lowest BCUT2D eigenvalue weighted by Gasteiger charge is -2.05. The van der Waals surface area contributed by atoms with E-state index in [9.17, 15) is 13.6 Å². The van der Waals surface area contributed by atoms with Gasteiger partial charge in [-0.1, -0.05) is 20.4 Å². The normalized spacial score (nSPS) is 9.18. The fraction of sp³-hybridized carbons (Fsp3) is 0.308. The number of halogens is 2. The highest BCUT2D eigenvalue weighted by Gasteiger charge is 2.08. The minimum absolute atomic E-state index is 0.115. The van der Waals surface area contributed by atoms with Crippen molar-refractivity contribution in [1.82, 2.24) is 0 Å². The maximum Gasteiger partial charge on any atom is 0.303 e. The number of hydrogen-bond donors (Lipinski definition) is 1. The number of rotatable bonds is 4. The van der Waals surface area contributed by atoms with Gasteiger partial charge in [0.15, 0.2) is 0 Å². The molecule has 1 N–H and O–H groups in total. The summed E-state index contributed by atoms with van der Waals surface area (Å²) in [5.41, 5.74) is 0.521. The molecule has 2 nitrogen and oxygen atoms in total. The zero-order valence-electron chi connectivity index (χ0n) is 9.96. The van der Waals surface area contributed by atoms with Crippen molar-refractivity contribution in [2.75, 3.05) is 0 Å². The van der Waals surface area contributed by atoms with Crippen LogP contribution in [-0.2, 0) is 4.79 Å². The fourth-order valence-corrected chi connectivity index (χ4v) is 1.17. The molecule has 0 bridgehead atoms. The molecule has 0 radical (unpaired) electrons. The van der Waals surface area contributed by atoms with E-state index in [2.05, 4.69) is 6.58 Å². The van der Waals surface area contributed by atoms with Gasteiger partial charge < -0.3 is 5.11 Å². The zero-order valence-corrected chi connectivity index (χ0v) is 9.96. The van der Waals surface area contributed by atoms with Crippen LogP contribution in [-0.4, -0.2) is 11.1 Å². The van der Waals surface area contributed by atoms with Crippen LogP contribution in [0.3, 0.4) is 0 Å². The molecule has 0 aliphatic rings. The Balaban J connectivity index is 0.00000121. The number of carboxylic acids is 1. The Bertz CT molecular complexity index is 400. The lowest BCUT2D eigenvalue weighted by Crippen LogP contribution is -1.96. The van der Waals surface area contributed by atoms with Gasteiger partial charge in [-0.15, -0.1) is 0 Å². The van der Waals surface area contributed by atoms with Gasteiger partial charge in [0.05, 0.1) is 0 Å². The van der Waals surface area contributed by atoms with Crippen LogP contribution in [0, 0.1) is 11.6 Å². The zero-order chi connectivity index (χ0) is 13.4. The molecule has 0 unspecified atom stereocenters. The molecule has 0 saturated carbocycles. The topological polar surface area (TPSA) is 37.3 Å². The average molecular weight is 242 g/mol. The van der Waals surface area contributed by atoms with E-state index in [1.165, 1.54) is 6.07 Å². The second-order valence-corrected chi connectivity index (χ2v) is 3.12. The lowest BCUT2D eigenvalue weighted by atomic mass is 10.0. The van der Waals surface area contributed by atoms with Crippen LogP contribution in [0.25, 0.3) is 5.57 Å². The van der Waals surface area contributed by atoms with E-state index < -0.39 is 17.6 Å². The molecule has 1 aromatic carbocycles. The second kappa shape index (κ2) is 7.54. The molecule has 0 heterocycles. The van der Waals surface area contributed by atoms with E-state index in [0.717, 1.165) is 12.1 Å². The first-order valence-electron chi connectivity index (χ1n) is 5.35. The SMILES string of the molecule is C=C(CCC(=O)O)c1ccc(F)cc1F.CC. The summed E-state index contributed by atoms with van der Waals surface area (Å²) in [4.78, 5) is 10.3. The van der Waals surface area contributed by atoms with Gasteiger partial charge in [0.2, 0.25) is 0 Å². The third-order valence-corrected chi connectivity index (χ3v) is 1.95. The third kappa shape index (κ3) is 5.24. The van der Waals surface area contributed by atoms with Gasteiger partial charge in [-0.2, -0.15) is 0 Å². The summed E-state index contributed by atoms with van der Waals surface area (Å²) in [5.74, 6) is -2.36. The highest BCUT2D eigenvalue weighted by Crippen LogP contribution is 2.21. The Morgan fingerprint density at radius 2 is 1.88 bits per heavy atom. The maximum atomic E-state index is 13.2. The monoisotopic (exact) mass is 242 g/mol. The number of aliphatic carboxylic acids is 1. The van der Waals surface area contributed by atoms with Gasteiger partial charge in [0.25, 0.3) is 0 Å². The number of carbonyl (C=O) groups is 1. The molecule has 0 aliphatic heterocycles. The molecule has 0 aliphatic carbocycles. The highest BCUT2D eigenvalue weighted by molar-refractivity contribution is 5.72. The van der Waals surface area contributed by atoms with Crippen LogP contribution in [0.1, 0.15) is 32.3 Å². The molecule has 0 fully saturated rings. The van der Waals surface area contributed by atoms with Crippen molar-refractivity contribution < 1.29 is 18.7 Å². The summed E-state index contributed by atoms with van der Waals surface area (Å²) in [6.07, 6.45) is 0.0353. The Morgan fingerprint density at radius 3 is 2.35 bits per heavy atom. The molecule has 0 saturated heterocycles. The van der Waals surface area contributed by atoms with E-state index in [-0.39, 0.29) is 18.4 Å². The minimum atomic E-state index is -0.973. The Hall–Kier alpha value is -1.71. The van der Waals surface area contributed by atoms with Crippen molar-refractivity contribution in [3.8, 4) is 0 Å². The molecule has 94 valence electrons. The number of allylic oxidation sites excluding steroid dienone is 1. The van der Waals surface area contributed by atoms with Crippen molar-refractivity contribution in [2.45, 2.75) is 26.7 Å². The molecule has 1 rings (SSSR count). The van der Waals surface area contributed by atoms with Crippen molar-refractivity contribution in [2.24, 2.45) is 0 Å². The first-order valence-corrected chi connectivity index (χ1v) is 5.35. The summed E-state index contributed by atoms with van der Waals surface area (Å²) in [6.45, 7) is 7.56. The smallest absolute Gasteiger partial charge is 0.303 e. The predicted molar refractivity (Wildman–Crippen MR) is 63.6 cm³/mol. The van der Waals surface area contributed by atoms with Crippen molar-refractivity contribution in [3.05, 3.63) is 42.0 Å². The number of benzene rings is 1. The minimum Gasteiger partial charge on any atom is -0.481 e. The Kier molecular flexibility index (Phi) is 6.79. The van der Waals surface area contributed by atoms with Gasteiger partial charge in [-0.25, -0.2) is 8.78 Å². The van der Waals surface area contributed by atoms with Crippen molar-refractivity contribution >= 4 is 11.5 Å². The van der Waals surface area contributed by atoms with Gasteiger partial charge in [0.1, 0.15) is 11.6 Å². The van der Waals surface area contributed by atoms with Crippen molar-refractivity contribution in [1.29, 1.82) is 0 Å². The number of hydrogen-bond acceptors (Lipinski definition) is 1.